The minimum Gasteiger partial charge on any atom is -0.367 e. The number of anilines is 1. The van der Waals surface area contributed by atoms with Gasteiger partial charge in [0.2, 0.25) is 5.91 Å². The average Bonchev–Trinajstić information content (AvgIpc) is 2.69. The molecule has 2 aliphatic heterocycles. The normalized spacial score (nSPS) is 17.6. The summed E-state index contributed by atoms with van der Waals surface area (Å²) < 4.78 is 5.57. The third-order valence-corrected chi connectivity index (χ3v) is 5.53. The molecule has 2 amide bonds. The number of hydrogen-bond acceptors (Lipinski definition) is 4. The molecule has 1 fully saturated rings. The molecule has 6 nitrogen and oxygen atoms in total. The summed E-state index contributed by atoms with van der Waals surface area (Å²) in [7, 11) is 0. The lowest BCUT2D eigenvalue weighted by atomic mass is 9.91. The van der Waals surface area contributed by atoms with Crippen LogP contribution in [-0.2, 0) is 16.1 Å². The van der Waals surface area contributed by atoms with E-state index in [0.29, 0.717) is 38.1 Å². The van der Waals surface area contributed by atoms with E-state index in [1.54, 1.807) is 0 Å². The monoisotopic (exact) mass is 379 g/mol. The molecule has 6 heteroatoms. The number of nitrogens with zero attached hydrogens (tertiary/aromatic N) is 1. The van der Waals surface area contributed by atoms with Crippen molar-refractivity contribution in [3.8, 4) is 0 Å². The van der Waals surface area contributed by atoms with Crippen LogP contribution in [-0.4, -0.2) is 42.1 Å². The molecule has 0 atom stereocenters. The van der Waals surface area contributed by atoms with Gasteiger partial charge in [0, 0.05) is 31.6 Å². The van der Waals surface area contributed by atoms with Gasteiger partial charge < -0.3 is 20.3 Å². The zero-order valence-corrected chi connectivity index (χ0v) is 16.0. The molecule has 2 heterocycles. The van der Waals surface area contributed by atoms with E-state index in [-0.39, 0.29) is 18.4 Å². The van der Waals surface area contributed by atoms with Crippen LogP contribution in [0.2, 0.25) is 0 Å². The van der Waals surface area contributed by atoms with Crippen LogP contribution >= 0.6 is 0 Å². The molecular weight excluding hydrogens is 354 g/mol. The Hall–Kier alpha value is -2.86. The van der Waals surface area contributed by atoms with Gasteiger partial charge in [0.05, 0.1) is 12.2 Å². The number of carbonyl (C=O) groups excluding carboxylic acids is 2. The van der Waals surface area contributed by atoms with E-state index in [0.717, 1.165) is 16.8 Å². The molecule has 28 heavy (non-hydrogen) atoms. The maximum absolute atomic E-state index is 12.6. The van der Waals surface area contributed by atoms with E-state index in [1.165, 1.54) is 0 Å². The van der Waals surface area contributed by atoms with Crippen LogP contribution in [0.15, 0.2) is 48.5 Å². The zero-order valence-electron chi connectivity index (χ0n) is 16.0. The van der Waals surface area contributed by atoms with Crippen LogP contribution in [0.1, 0.15) is 34.3 Å². The van der Waals surface area contributed by atoms with Gasteiger partial charge in [-0.3, -0.25) is 9.59 Å². The Kier molecular flexibility index (Phi) is 5.05. The van der Waals surface area contributed by atoms with Crippen molar-refractivity contribution in [1.82, 2.24) is 10.2 Å². The lowest BCUT2D eigenvalue weighted by molar-refractivity contribution is -0.138. The van der Waals surface area contributed by atoms with Gasteiger partial charge in [-0.1, -0.05) is 42.5 Å². The van der Waals surface area contributed by atoms with Crippen molar-refractivity contribution in [1.29, 1.82) is 0 Å². The molecule has 2 aromatic carbocycles. The van der Waals surface area contributed by atoms with Gasteiger partial charge in [0.15, 0.2) is 0 Å². The highest BCUT2D eigenvalue weighted by atomic mass is 16.5. The molecule has 0 aliphatic carbocycles. The number of ether oxygens (including phenoxy) is 1. The number of carbonyl (C=O) groups is 2. The lowest BCUT2D eigenvalue weighted by Crippen LogP contribution is -2.63. The maximum Gasteiger partial charge on any atom is 0.255 e. The van der Waals surface area contributed by atoms with Gasteiger partial charge in [-0.2, -0.15) is 0 Å². The van der Waals surface area contributed by atoms with Crippen LogP contribution in [0.5, 0.6) is 0 Å². The van der Waals surface area contributed by atoms with Crippen LogP contribution in [0, 0.1) is 6.92 Å². The number of hydrogen-bond donors (Lipinski definition) is 2. The number of fused-ring (bicyclic) bond motifs is 1. The summed E-state index contributed by atoms with van der Waals surface area (Å²) in [4.78, 5) is 26.9. The third kappa shape index (κ3) is 3.73. The van der Waals surface area contributed by atoms with Crippen molar-refractivity contribution in [3.05, 3.63) is 65.2 Å². The second-order valence-electron chi connectivity index (χ2n) is 7.52. The molecule has 146 valence electrons. The van der Waals surface area contributed by atoms with Crippen LogP contribution in [0.25, 0.3) is 0 Å². The molecule has 0 radical (unpaired) electrons. The summed E-state index contributed by atoms with van der Waals surface area (Å²) in [6.07, 6.45) is 1.33. The summed E-state index contributed by atoms with van der Waals surface area (Å²) >= 11 is 0. The minimum atomic E-state index is -0.487. The number of piperidine rings is 1. The summed E-state index contributed by atoms with van der Waals surface area (Å²) in [5.74, 6) is -0.0537. The van der Waals surface area contributed by atoms with E-state index in [9.17, 15) is 9.59 Å². The Morgan fingerprint density at radius 2 is 1.82 bits per heavy atom. The molecule has 1 spiro atoms. The molecule has 0 unspecified atom stereocenters. The smallest absolute Gasteiger partial charge is 0.255 e. The van der Waals surface area contributed by atoms with Crippen LogP contribution in [0.3, 0.4) is 0 Å². The van der Waals surface area contributed by atoms with Gasteiger partial charge in [-0.05, 0) is 24.1 Å². The molecule has 2 aliphatic rings. The first-order valence-electron chi connectivity index (χ1n) is 9.66. The van der Waals surface area contributed by atoms with Crippen LogP contribution in [0.4, 0.5) is 5.69 Å². The molecule has 2 aromatic rings. The Morgan fingerprint density at radius 3 is 2.57 bits per heavy atom. The summed E-state index contributed by atoms with van der Waals surface area (Å²) in [6, 6.07) is 15.7. The number of aryl methyl sites for hydroxylation is 1. The van der Waals surface area contributed by atoms with Gasteiger partial charge in [-0.15, -0.1) is 0 Å². The number of benzene rings is 2. The molecule has 2 N–H and O–H groups in total. The number of nitrogens with one attached hydrogen (secondary N) is 2. The second kappa shape index (κ2) is 7.64. The first kappa shape index (κ1) is 18.5. The fraction of sp³-hybridized carbons (Fsp3) is 0.364. The standard InChI is InChI=1S/C22H25N3O3/c1-16-6-5-9-18-20(16)21(27)24-22(23-18)10-12-25(13-11-22)19(26)15-28-14-17-7-3-2-4-8-17/h2-9,23H,10-15H2,1H3,(H,24,27). The Labute approximate surface area is 164 Å². The first-order chi connectivity index (χ1) is 13.6. The van der Waals surface area contributed by atoms with Crippen molar-refractivity contribution >= 4 is 17.5 Å². The number of amides is 2. The predicted octanol–water partition coefficient (Wildman–Crippen LogP) is 2.69. The largest absolute Gasteiger partial charge is 0.367 e. The highest BCUT2D eigenvalue weighted by Gasteiger charge is 2.41. The van der Waals surface area contributed by atoms with Crippen molar-refractivity contribution in [2.45, 2.75) is 32.0 Å². The first-order valence-corrected chi connectivity index (χ1v) is 9.66. The molecule has 0 bridgehead atoms. The van der Waals surface area contributed by atoms with E-state index in [4.69, 9.17) is 4.74 Å². The van der Waals surface area contributed by atoms with Crippen molar-refractivity contribution in [2.75, 3.05) is 25.0 Å². The highest BCUT2D eigenvalue weighted by Crippen LogP contribution is 2.32. The highest BCUT2D eigenvalue weighted by molar-refractivity contribution is 6.03. The van der Waals surface area contributed by atoms with Crippen molar-refractivity contribution in [3.63, 3.8) is 0 Å². The molecule has 0 saturated carbocycles. The number of likely N-dealkylation sites (tertiary alicyclic amines) is 1. The summed E-state index contributed by atoms with van der Waals surface area (Å²) in [5, 5.41) is 6.64. The maximum atomic E-state index is 12.6. The van der Waals surface area contributed by atoms with E-state index < -0.39 is 5.66 Å². The second-order valence-corrected chi connectivity index (χ2v) is 7.52. The van der Waals surface area contributed by atoms with Gasteiger partial charge >= 0.3 is 0 Å². The fourth-order valence-electron chi connectivity index (χ4n) is 3.95. The molecule has 4 rings (SSSR count). The SMILES string of the molecule is Cc1cccc2c1C(=O)NC1(CCN(C(=O)COCc3ccccc3)CC1)N2. The lowest BCUT2D eigenvalue weighted by Gasteiger charge is -2.46. The van der Waals surface area contributed by atoms with Crippen molar-refractivity contribution in [2.24, 2.45) is 0 Å². The Morgan fingerprint density at radius 1 is 1.07 bits per heavy atom. The third-order valence-electron chi connectivity index (χ3n) is 5.53. The summed E-state index contributed by atoms with van der Waals surface area (Å²) in [5.41, 5.74) is 3.10. The Balaban J connectivity index is 1.32. The van der Waals surface area contributed by atoms with Gasteiger partial charge in [0.25, 0.3) is 5.91 Å². The molecule has 1 saturated heterocycles. The Bertz CT molecular complexity index is 874. The zero-order chi connectivity index (χ0) is 19.6. The van der Waals surface area contributed by atoms with Gasteiger partial charge in [0.1, 0.15) is 12.3 Å². The van der Waals surface area contributed by atoms with E-state index in [2.05, 4.69) is 10.6 Å². The average molecular weight is 379 g/mol. The fourth-order valence-corrected chi connectivity index (χ4v) is 3.95. The van der Waals surface area contributed by atoms with E-state index >= 15 is 0 Å². The topological polar surface area (TPSA) is 70.7 Å². The predicted molar refractivity (Wildman–Crippen MR) is 107 cm³/mol. The van der Waals surface area contributed by atoms with Gasteiger partial charge in [-0.25, -0.2) is 0 Å². The summed E-state index contributed by atoms with van der Waals surface area (Å²) in [6.45, 7) is 3.61. The van der Waals surface area contributed by atoms with Crippen LogP contribution < -0.4 is 10.6 Å². The number of rotatable bonds is 4. The molecule has 0 aromatic heterocycles. The van der Waals surface area contributed by atoms with E-state index in [1.807, 2.05) is 60.4 Å². The van der Waals surface area contributed by atoms with Crippen molar-refractivity contribution < 1.29 is 14.3 Å². The minimum absolute atomic E-state index is 0.0100. The molecular formula is C22H25N3O3. The quantitative estimate of drug-likeness (QED) is 0.857.